The summed E-state index contributed by atoms with van der Waals surface area (Å²) in [7, 11) is 1.91. The van der Waals surface area contributed by atoms with E-state index in [-0.39, 0.29) is 11.9 Å². The Morgan fingerprint density at radius 1 is 1.57 bits per heavy atom. The largest absolute Gasteiger partial charge is 0.481 e. The van der Waals surface area contributed by atoms with Crippen LogP contribution in [0.15, 0.2) is 18.2 Å². The van der Waals surface area contributed by atoms with Crippen molar-refractivity contribution >= 4 is 17.5 Å². The summed E-state index contributed by atoms with van der Waals surface area (Å²) >= 11 is 6.00. The lowest BCUT2D eigenvalue weighted by Crippen LogP contribution is -2.46. The molecule has 0 spiro atoms. The molecule has 0 saturated carbocycles. The Balaban J connectivity index is 2.00. The molecular formula is C16H23ClN2O2. The van der Waals surface area contributed by atoms with Crippen LogP contribution in [0.25, 0.3) is 0 Å². The highest BCUT2D eigenvalue weighted by Gasteiger charge is 2.31. The summed E-state index contributed by atoms with van der Waals surface area (Å²) in [5.41, 5.74) is 0.947. The first-order valence-electron chi connectivity index (χ1n) is 7.41. The third kappa shape index (κ3) is 3.89. The summed E-state index contributed by atoms with van der Waals surface area (Å²) in [6.45, 7) is 5.38. The molecule has 1 fully saturated rings. The van der Waals surface area contributed by atoms with Crippen molar-refractivity contribution in [3.05, 3.63) is 28.8 Å². The quantitative estimate of drug-likeness (QED) is 0.909. The molecule has 116 valence electrons. The summed E-state index contributed by atoms with van der Waals surface area (Å²) in [6.07, 6.45) is 1.63. The zero-order valence-corrected chi connectivity index (χ0v) is 13.6. The number of likely N-dealkylation sites (tertiary alicyclic amines) is 1. The molecule has 1 aromatic rings. The molecule has 1 aliphatic heterocycles. The first kappa shape index (κ1) is 16.1. The van der Waals surface area contributed by atoms with Crippen molar-refractivity contribution in [2.75, 3.05) is 20.1 Å². The van der Waals surface area contributed by atoms with Crippen LogP contribution in [0.1, 0.15) is 25.3 Å². The fraction of sp³-hybridized carbons (Fsp3) is 0.562. The summed E-state index contributed by atoms with van der Waals surface area (Å²) in [5, 5.41) is 3.85. The second kappa shape index (κ2) is 7.14. The van der Waals surface area contributed by atoms with E-state index in [9.17, 15) is 4.79 Å². The van der Waals surface area contributed by atoms with E-state index < -0.39 is 6.10 Å². The molecule has 1 aliphatic rings. The van der Waals surface area contributed by atoms with E-state index in [2.05, 4.69) is 5.32 Å². The molecule has 2 unspecified atom stereocenters. The molecule has 5 heteroatoms. The fourth-order valence-electron chi connectivity index (χ4n) is 2.75. The molecule has 1 heterocycles. The summed E-state index contributed by atoms with van der Waals surface area (Å²) in [6, 6.07) is 5.74. The van der Waals surface area contributed by atoms with Gasteiger partial charge < -0.3 is 15.0 Å². The van der Waals surface area contributed by atoms with Gasteiger partial charge in [0, 0.05) is 24.2 Å². The van der Waals surface area contributed by atoms with Gasteiger partial charge in [0.1, 0.15) is 5.75 Å². The highest BCUT2D eigenvalue weighted by molar-refractivity contribution is 6.31. The number of carbonyl (C=O) groups excluding carboxylic acids is 1. The second-order valence-electron chi connectivity index (χ2n) is 5.56. The monoisotopic (exact) mass is 310 g/mol. The van der Waals surface area contributed by atoms with Gasteiger partial charge in [-0.25, -0.2) is 0 Å². The maximum absolute atomic E-state index is 12.5. The lowest BCUT2D eigenvalue weighted by molar-refractivity contribution is -0.138. The van der Waals surface area contributed by atoms with Crippen LogP contribution in [0, 0.1) is 6.92 Å². The Labute approximate surface area is 131 Å². The lowest BCUT2D eigenvalue weighted by Gasteiger charge is -2.27. The number of hydrogen-bond donors (Lipinski definition) is 1. The van der Waals surface area contributed by atoms with Crippen LogP contribution in [0.3, 0.4) is 0 Å². The summed E-state index contributed by atoms with van der Waals surface area (Å²) < 4.78 is 5.78. The van der Waals surface area contributed by atoms with Crippen LogP contribution in [0.4, 0.5) is 0 Å². The number of halogens is 1. The number of ether oxygens (including phenoxy) is 1. The molecule has 21 heavy (non-hydrogen) atoms. The average Bonchev–Trinajstić information content (AvgIpc) is 2.90. The van der Waals surface area contributed by atoms with Crippen LogP contribution >= 0.6 is 11.6 Å². The molecule has 0 aliphatic carbocycles. The predicted molar refractivity (Wildman–Crippen MR) is 84.9 cm³/mol. The standard InChI is InChI=1S/C16H23ClN2O2/c1-11-9-14(6-7-15(11)17)21-12(2)16(20)19-8-4-5-13(19)10-18-3/h6-7,9,12-13,18H,4-5,8,10H2,1-3H3. The zero-order chi connectivity index (χ0) is 15.4. The molecule has 0 aromatic heterocycles. The molecule has 0 bridgehead atoms. The van der Waals surface area contributed by atoms with Gasteiger partial charge in [0.05, 0.1) is 0 Å². The van der Waals surface area contributed by atoms with Crippen molar-refractivity contribution in [1.29, 1.82) is 0 Å². The number of nitrogens with zero attached hydrogens (tertiary/aromatic N) is 1. The third-order valence-electron chi connectivity index (χ3n) is 3.89. The van der Waals surface area contributed by atoms with E-state index in [1.54, 1.807) is 19.1 Å². The SMILES string of the molecule is CNCC1CCCN1C(=O)C(C)Oc1ccc(Cl)c(C)c1. The van der Waals surface area contributed by atoms with Crippen LogP contribution in [-0.4, -0.2) is 43.1 Å². The van der Waals surface area contributed by atoms with E-state index in [4.69, 9.17) is 16.3 Å². The smallest absolute Gasteiger partial charge is 0.263 e. The van der Waals surface area contributed by atoms with Crippen molar-refractivity contribution in [2.24, 2.45) is 0 Å². The fourth-order valence-corrected chi connectivity index (χ4v) is 2.87. The van der Waals surface area contributed by atoms with Gasteiger partial charge in [-0.15, -0.1) is 0 Å². The van der Waals surface area contributed by atoms with Crippen molar-refractivity contribution in [1.82, 2.24) is 10.2 Å². The number of hydrogen-bond acceptors (Lipinski definition) is 3. The average molecular weight is 311 g/mol. The van der Waals surface area contributed by atoms with Crippen LogP contribution in [0.5, 0.6) is 5.75 Å². The van der Waals surface area contributed by atoms with Gasteiger partial charge in [0.15, 0.2) is 6.10 Å². The molecule has 1 amide bonds. The highest BCUT2D eigenvalue weighted by Crippen LogP contribution is 2.23. The van der Waals surface area contributed by atoms with Gasteiger partial charge in [-0.2, -0.15) is 0 Å². The second-order valence-corrected chi connectivity index (χ2v) is 5.96. The van der Waals surface area contributed by atoms with Gasteiger partial charge in [-0.3, -0.25) is 4.79 Å². The molecule has 4 nitrogen and oxygen atoms in total. The molecule has 1 N–H and O–H groups in total. The Kier molecular flexibility index (Phi) is 5.48. The van der Waals surface area contributed by atoms with E-state index in [0.717, 1.165) is 31.5 Å². The Bertz CT molecular complexity index is 507. The molecule has 1 saturated heterocycles. The first-order chi connectivity index (χ1) is 10.0. The minimum absolute atomic E-state index is 0.0559. The highest BCUT2D eigenvalue weighted by atomic mass is 35.5. The molecule has 2 atom stereocenters. The molecule has 0 radical (unpaired) electrons. The normalized spacial score (nSPS) is 19.6. The first-order valence-corrected chi connectivity index (χ1v) is 7.78. The van der Waals surface area contributed by atoms with Crippen molar-refractivity contribution in [3.63, 3.8) is 0 Å². The van der Waals surface area contributed by atoms with Crippen LogP contribution in [-0.2, 0) is 4.79 Å². The number of carbonyl (C=O) groups is 1. The molecule has 1 aromatic carbocycles. The third-order valence-corrected chi connectivity index (χ3v) is 4.31. The van der Waals surface area contributed by atoms with Crippen molar-refractivity contribution < 1.29 is 9.53 Å². The van der Waals surface area contributed by atoms with Gasteiger partial charge in [-0.1, -0.05) is 11.6 Å². The van der Waals surface area contributed by atoms with Gasteiger partial charge >= 0.3 is 0 Å². The molecule has 2 rings (SSSR count). The minimum atomic E-state index is -0.483. The number of likely N-dealkylation sites (N-methyl/N-ethyl adjacent to an activating group) is 1. The summed E-state index contributed by atoms with van der Waals surface area (Å²) in [4.78, 5) is 14.5. The Morgan fingerprint density at radius 2 is 2.33 bits per heavy atom. The topological polar surface area (TPSA) is 41.6 Å². The zero-order valence-electron chi connectivity index (χ0n) is 12.9. The number of amides is 1. The predicted octanol–water partition coefficient (Wildman–Crippen LogP) is 2.63. The van der Waals surface area contributed by atoms with Crippen LogP contribution < -0.4 is 10.1 Å². The van der Waals surface area contributed by atoms with Gasteiger partial charge in [0.25, 0.3) is 5.91 Å². The van der Waals surface area contributed by atoms with Crippen molar-refractivity contribution in [2.45, 2.75) is 38.8 Å². The lowest BCUT2D eigenvalue weighted by atomic mass is 10.2. The summed E-state index contributed by atoms with van der Waals surface area (Å²) in [5.74, 6) is 0.738. The van der Waals surface area contributed by atoms with Crippen molar-refractivity contribution in [3.8, 4) is 5.75 Å². The Morgan fingerprint density at radius 3 is 3.00 bits per heavy atom. The minimum Gasteiger partial charge on any atom is -0.481 e. The number of benzene rings is 1. The van der Waals surface area contributed by atoms with E-state index in [1.807, 2.05) is 24.9 Å². The maximum Gasteiger partial charge on any atom is 0.263 e. The van der Waals surface area contributed by atoms with E-state index in [1.165, 1.54) is 0 Å². The number of aryl methyl sites for hydroxylation is 1. The van der Waals surface area contributed by atoms with E-state index in [0.29, 0.717) is 10.8 Å². The van der Waals surface area contributed by atoms with Gasteiger partial charge in [0.2, 0.25) is 0 Å². The Hall–Kier alpha value is -1.26. The van der Waals surface area contributed by atoms with Gasteiger partial charge in [-0.05, 0) is 57.5 Å². The number of nitrogens with one attached hydrogen (secondary N) is 1. The molecular weight excluding hydrogens is 288 g/mol. The van der Waals surface area contributed by atoms with E-state index >= 15 is 0 Å². The van der Waals surface area contributed by atoms with Crippen LogP contribution in [0.2, 0.25) is 5.02 Å². The number of rotatable bonds is 5. The maximum atomic E-state index is 12.5.